The maximum Gasteiger partial charge on any atom is 0.278 e. The number of hydrogen-bond acceptors (Lipinski definition) is 5. The van der Waals surface area contributed by atoms with Gasteiger partial charge >= 0.3 is 0 Å². The fraction of sp³-hybridized carbons (Fsp3) is 0.158. The van der Waals surface area contributed by atoms with E-state index in [0.717, 1.165) is 0 Å². The van der Waals surface area contributed by atoms with Crippen LogP contribution in [0.4, 0.5) is 5.69 Å². The van der Waals surface area contributed by atoms with E-state index < -0.39 is 5.25 Å². The third kappa shape index (κ3) is 4.96. The van der Waals surface area contributed by atoms with Gasteiger partial charge in [0.2, 0.25) is 5.91 Å². The van der Waals surface area contributed by atoms with E-state index in [1.165, 1.54) is 11.8 Å². The Hall–Kier alpha value is -2.64. The van der Waals surface area contributed by atoms with Crippen LogP contribution in [0.2, 0.25) is 5.02 Å². The van der Waals surface area contributed by atoms with Crippen LogP contribution in [0.1, 0.15) is 13.3 Å². The standard InChI is InChI=1S/C19H17ClN4O2S/c1-2-15(17(25)21-14-10-8-13(20)9-11-14)27-19-22-18(26)16(23-24-19)12-6-4-3-5-7-12/h3-11,15H,2H2,1H3,(H,21,25)(H,22,24,26). The molecule has 0 bridgehead atoms. The van der Waals surface area contributed by atoms with Crippen molar-refractivity contribution in [2.75, 3.05) is 5.32 Å². The van der Waals surface area contributed by atoms with Crippen LogP contribution in [0.25, 0.3) is 11.3 Å². The quantitative estimate of drug-likeness (QED) is 0.611. The van der Waals surface area contributed by atoms with E-state index in [2.05, 4.69) is 20.5 Å². The van der Waals surface area contributed by atoms with Crippen LogP contribution >= 0.6 is 23.4 Å². The van der Waals surface area contributed by atoms with Crippen molar-refractivity contribution in [3.05, 3.63) is 70.0 Å². The number of halogens is 1. The van der Waals surface area contributed by atoms with Crippen LogP contribution in [-0.4, -0.2) is 26.3 Å². The monoisotopic (exact) mass is 400 g/mol. The first-order valence-corrected chi connectivity index (χ1v) is 9.58. The van der Waals surface area contributed by atoms with E-state index in [1.54, 1.807) is 36.4 Å². The van der Waals surface area contributed by atoms with Crippen LogP contribution < -0.4 is 10.9 Å². The number of aromatic nitrogens is 3. The number of benzene rings is 2. The predicted molar refractivity (Wildman–Crippen MR) is 108 cm³/mol. The lowest BCUT2D eigenvalue weighted by molar-refractivity contribution is -0.115. The summed E-state index contributed by atoms with van der Waals surface area (Å²) >= 11 is 7.02. The van der Waals surface area contributed by atoms with Gasteiger partial charge in [0.15, 0.2) is 10.9 Å². The van der Waals surface area contributed by atoms with Gasteiger partial charge in [0.05, 0.1) is 5.25 Å². The second-order valence-electron chi connectivity index (χ2n) is 5.68. The van der Waals surface area contributed by atoms with Crippen molar-refractivity contribution in [2.24, 2.45) is 0 Å². The SMILES string of the molecule is CCC(Sc1nnc(-c2ccccc2)c(=O)[nH]1)C(=O)Nc1ccc(Cl)cc1. The molecule has 0 radical (unpaired) electrons. The summed E-state index contributed by atoms with van der Waals surface area (Å²) in [5, 5.41) is 11.4. The number of nitrogens with one attached hydrogen (secondary N) is 2. The highest BCUT2D eigenvalue weighted by molar-refractivity contribution is 8.00. The molecule has 1 heterocycles. The van der Waals surface area contributed by atoms with Gasteiger partial charge in [0.1, 0.15) is 0 Å². The number of H-pyrrole nitrogens is 1. The Morgan fingerprint density at radius 2 is 1.85 bits per heavy atom. The molecular formula is C19H17ClN4O2S. The van der Waals surface area contributed by atoms with E-state index >= 15 is 0 Å². The number of carbonyl (C=O) groups is 1. The summed E-state index contributed by atoms with van der Waals surface area (Å²) in [6.45, 7) is 1.89. The van der Waals surface area contributed by atoms with Gasteiger partial charge in [-0.2, -0.15) is 0 Å². The van der Waals surface area contributed by atoms with Crippen molar-refractivity contribution < 1.29 is 4.79 Å². The van der Waals surface area contributed by atoms with Gasteiger partial charge in [0.25, 0.3) is 5.56 Å². The van der Waals surface area contributed by atoms with Crippen LogP contribution in [0.5, 0.6) is 0 Å². The summed E-state index contributed by atoms with van der Waals surface area (Å²) in [5.74, 6) is -0.181. The van der Waals surface area contributed by atoms with Gasteiger partial charge in [-0.05, 0) is 30.7 Å². The zero-order valence-corrected chi connectivity index (χ0v) is 16.1. The number of anilines is 1. The number of rotatable bonds is 6. The topological polar surface area (TPSA) is 87.7 Å². The fourth-order valence-corrected chi connectivity index (χ4v) is 3.34. The number of aromatic amines is 1. The Balaban J connectivity index is 1.72. The number of carbonyl (C=O) groups excluding carboxylic acids is 1. The van der Waals surface area contributed by atoms with Crippen molar-refractivity contribution in [3.63, 3.8) is 0 Å². The van der Waals surface area contributed by atoms with Crippen LogP contribution in [-0.2, 0) is 4.79 Å². The Bertz CT molecular complexity index is 977. The highest BCUT2D eigenvalue weighted by atomic mass is 35.5. The van der Waals surface area contributed by atoms with Crippen LogP contribution in [0, 0.1) is 0 Å². The van der Waals surface area contributed by atoms with E-state index in [1.807, 2.05) is 25.1 Å². The Morgan fingerprint density at radius 3 is 2.48 bits per heavy atom. The first-order chi connectivity index (χ1) is 13.1. The summed E-state index contributed by atoms with van der Waals surface area (Å²) < 4.78 is 0. The molecule has 0 spiro atoms. The van der Waals surface area contributed by atoms with Gasteiger partial charge in [-0.3, -0.25) is 14.6 Å². The smallest absolute Gasteiger partial charge is 0.278 e. The van der Waals surface area contributed by atoms with Crippen LogP contribution in [0.3, 0.4) is 0 Å². The molecule has 0 aliphatic rings. The van der Waals surface area contributed by atoms with Gasteiger partial charge in [-0.1, -0.05) is 60.6 Å². The van der Waals surface area contributed by atoms with E-state index in [0.29, 0.717) is 27.9 Å². The maximum atomic E-state index is 12.5. The average Bonchev–Trinajstić information content (AvgIpc) is 2.68. The first-order valence-electron chi connectivity index (χ1n) is 8.32. The van der Waals surface area contributed by atoms with Crippen molar-refractivity contribution >= 4 is 35.0 Å². The molecule has 138 valence electrons. The second kappa shape index (κ2) is 8.83. The average molecular weight is 401 g/mol. The lowest BCUT2D eigenvalue weighted by atomic mass is 10.2. The molecule has 3 rings (SSSR count). The molecule has 2 aromatic carbocycles. The minimum Gasteiger partial charge on any atom is -0.325 e. The molecule has 27 heavy (non-hydrogen) atoms. The van der Waals surface area contributed by atoms with Gasteiger partial charge in [0, 0.05) is 16.3 Å². The zero-order valence-electron chi connectivity index (χ0n) is 14.5. The minimum atomic E-state index is -0.423. The molecule has 0 saturated heterocycles. The van der Waals surface area contributed by atoms with E-state index in [4.69, 9.17) is 11.6 Å². The molecule has 1 amide bonds. The third-order valence-corrected chi connectivity index (χ3v) is 5.24. The van der Waals surface area contributed by atoms with Gasteiger partial charge in [-0.15, -0.1) is 10.2 Å². The molecular weight excluding hydrogens is 384 g/mol. The van der Waals surface area contributed by atoms with Gasteiger partial charge < -0.3 is 5.32 Å². The first kappa shape index (κ1) is 19.1. The van der Waals surface area contributed by atoms with Crippen molar-refractivity contribution in [1.82, 2.24) is 15.2 Å². The summed E-state index contributed by atoms with van der Waals surface area (Å²) in [6, 6.07) is 16.0. The van der Waals surface area contributed by atoms with Gasteiger partial charge in [-0.25, -0.2) is 0 Å². The second-order valence-corrected chi connectivity index (χ2v) is 7.31. The molecule has 0 fully saturated rings. The molecule has 1 aromatic heterocycles. The minimum absolute atomic E-state index is 0.181. The van der Waals surface area contributed by atoms with E-state index in [-0.39, 0.29) is 17.2 Å². The molecule has 0 saturated carbocycles. The van der Waals surface area contributed by atoms with Crippen molar-refractivity contribution in [3.8, 4) is 11.3 Å². The number of hydrogen-bond donors (Lipinski definition) is 2. The predicted octanol–water partition coefficient (Wildman–Crippen LogP) is 3.99. The molecule has 6 nitrogen and oxygen atoms in total. The Morgan fingerprint density at radius 1 is 1.15 bits per heavy atom. The molecule has 0 aliphatic heterocycles. The maximum absolute atomic E-state index is 12.5. The largest absolute Gasteiger partial charge is 0.325 e. The van der Waals surface area contributed by atoms with E-state index in [9.17, 15) is 9.59 Å². The molecule has 8 heteroatoms. The molecule has 1 unspecified atom stereocenters. The normalized spacial score (nSPS) is 11.8. The summed E-state index contributed by atoms with van der Waals surface area (Å²) in [4.78, 5) is 27.5. The van der Waals surface area contributed by atoms with Crippen molar-refractivity contribution in [2.45, 2.75) is 23.8 Å². The number of amides is 1. The lowest BCUT2D eigenvalue weighted by Gasteiger charge is -2.14. The number of nitrogens with zero attached hydrogens (tertiary/aromatic N) is 2. The van der Waals surface area contributed by atoms with Crippen molar-refractivity contribution in [1.29, 1.82) is 0 Å². The molecule has 1 atom stereocenters. The summed E-state index contributed by atoms with van der Waals surface area (Å²) in [5.41, 5.74) is 1.25. The number of thioether (sulfide) groups is 1. The highest BCUT2D eigenvalue weighted by Crippen LogP contribution is 2.23. The molecule has 0 aliphatic carbocycles. The fourth-order valence-electron chi connectivity index (χ4n) is 2.37. The Kier molecular flexibility index (Phi) is 6.26. The highest BCUT2D eigenvalue weighted by Gasteiger charge is 2.20. The third-order valence-electron chi connectivity index (χ3n) is 3.75. The zero-order chi connectivity index (χ0) is 19.2. The summed E-state index contributed by atoms with van der Waals surface area (Å²) in [6.07, 6.45) is 0.564. The molecule has 3 aromatic rings. The molecule has 2 N–H and O–H groups in total. The van der Waals surface area contributed by atoms with Crippen LogP contribution in [0.15, 0.2) is 64.5 Å². The lowest BCUT2D eigenvalue weighted by Crippen LogP contribution is -2.25. The Labute approximate surface area is 165 Å². The summed E-state index contributed by atoms with van der Waals surface area (Å²) in [7, 11) is 0.